The molecule has 1 amide bonds. The number of thiazole rings is 1. The summed E-state index contributed by atoms with van der Waals surface area (Å²) in [6.45, 7) is 5.50. The van der Waals surface area contributed by atoms with E-state index in [9.17, 15) is 9.18 Å². The van der Waals surface area contributed by atoms with Crippen LogP contribution in [0.5, 0.6) is 0 Å². The highest BCUT2D eigenvalue weighted by molar-refractivity contribution is 7.19. The summed E-state index contributed by atoms with van der Waals surface area (Å²) >= 11 is 1.38. The normalized spacial score (nSPS) is 11.0. The van der Waals surface area contributed by atoms with Gasteiger partial charge >= 0.3 is 0 Å². The molecule has 0 aliphatic heterocycles. The van der Waals surface area contributed by atoms with Crippen molar-refractivity contribution in [3.8, 4) is 10.4 Å². The van der Waals surface area contributed by atoms with Crippen LogP contribution in [0.15, 0.2) is 42.5 Å². The highest BCUT2D eigenvalue weighted by Crippen LogP contribution is 2.33. The number of carbonyl (C=O) groups is 1. The maximum atomic E-state index is 14.1. The summed E-state index contributed by atoms with van der Waals surface area (Å²) in [5, 5.41) is 3.23. The summed E-state index contributed by atoms with van der Waals surface area (Å²) in [4.78, 5) is 27.1. The van der Waals surface area contributed by atoms with Crippen molar-refractivity contribution in [2.45, 2.75) is 20.8 Å². The van der Waals surface area contributed by atoms with Crippen LogP contribution >= 0.6 is 11.3 Å². The molecule has 0 aliphatic rings. The number of benzene rings is 2. The van der Waals surface area contributed by atoms with Crippen molar-refractivity contribution in [2.24, 2.45) is 0 Å². The number of rotatable bonds is 3. The van der Waals surface area contributed by atoms with Crippen molar-refractivity contribution in [1.29, 1.82) is 0 Å². The molecule has 0 unspecified atom stereocenters. The van der Waals surface area contributed by atoms with E-state index < -0.39 is 11.7 Å². The van der Waals surface area contributed by atoms with Gasteiger partial charge in [-0.3, -0.25) is 10.1 Å². The number of nitrogens with zero attached hydrogens (tertiary/aromatic N) is 3. The summed E-state index contributed by atoms with van der Waals surface area (Å²) in [5.41, 5.74) is 4.12. The van der Waals surface area contributed by atoms with Crippen LogP contribution in [0.4, 0.5) is 9.52 Å². The van der Waals surface area contributed by atoms with Crippen molar-refractivity contribution in [2.75, 3.05) is 5.32 Å². The first-order valence-electron chi connectivity index (χ1n) is 8.71. The van der Waals surface area contributed by atoms with E-state index in [2.05, 4.69) is 20.3 Å². The van der Waals surface area contributed by atoms with Gasteiger partial charge in [0.05, 0.1) is 33.0 Å². The monoisotopic (exact) mass is 392 g/mol. The highest BCUT2D eigenvalue weighted by Gasteiger charge is 2.18. The summed E-state index contributed by atoms with van der Waals surface area (Å²) in [6.07, 6.45) is 0. The zero-order valence-corrected chi connectivity index (χ0v) is 16.4. The third kappa shape index (κ3) is 3.36. The minimum Gasteiger partial charge on any atom is -0.298 e. The average Bonchev–Trinajstić information content (AvgIpc) is 3.03. The third-order valence-electron chi connectivity index (χ3n) is 4.44. The molecule has 28 heavy (non-hydrogen) atoms. The number of carbonyl (C=O) groups excluding carboxylic acids is 1. The van der Waals surface area contributed by atoms with Gasteiger partial charge in [0.15, 0.2) is 5.13 Å². The van der Waals surface area contributed by atoms with Gasteiger partial charge in [0.2, 0.25) is 0 Å². The molecular weight excluding hydrogens is 375 g/mol. The van der Waals surface area contributed by atoms with Gasteiger partial charge in [0, 0.05) is 6.07 Å². The van der Waals surface area contributed by atoms with Gasteiger partial charge < -0.3 is 0 Å². The van der Waals surface area contributed by atoms with Crippen molar-refractivity contribution >= 4 is 33.4 Å². The lowest BCUT2D eigenvalue weighted by atomic mass is 10.1. The Bertz CT molecular complexity index is 1200. The fourth-order valence-corrected chi connectivity index (χ4v) is 3.91. The molecule has 140 valence electrons. The Balaban J connectivity index is 1.71. The summed E-state index contributed by atoms with van der Waals surface area (Å²) in [5.74, 6) is -0.995. The second-order valence-electron chi connectivity index (χ2n) is 6.47. The maximum absolute atomic E-state index is 14.1. The van der Waals surface area contributed by atoms with Crippen LogP contribution < -0.4 is 5.32 Å². The van der Waals surface area contributed by atoms with Crippen LogP contribution in [0.2, 0.25) is 0 Å². The lowest BCUT2D eigenvalue weighted by molar-refractivity contribution is 0.102. The molecule has 4 rings (SSSR count). The summed E-state index contributed by atoms with van der Waals surface area (Å²) in [6, 6.07) is 12.3. The van der Waals surface area contributed by atoms with Crippen LogP contribution in [0, 0.1) is 26.6 Å². The summed E-state index contributed by atoms with van der Waals surface area (Å²) < 4.78 is 14.1. The van der Waals surface area contributed by atoms with Crippen molar-refractivity contribution < 1.29 is 9.18 Å². The number of amides is 1. The molecule has 2 aromatic heterocycles. The Hall–Kier alpha value is -3.19. The Morgan fingerprint density at radius 1 is 0.964 bits per heavy atom. The molecule has 0 aliphatic carbocycles. The topological polar surface area (TPSA) is 67.8 Å². The predicted molar refractivity (Wildman–Crippen MR) is 109 cm³/mol. The number of anilines is 1. The average molecular weight is 392 g/mol. The second kappa shape index (κ2) is 7.09. The van der Waals surface area contributed by atoms with Gasteiger partial charge in [0.1, 0.15) is 11.3 Å². The molecule has 0 radical (unpaired) electrons. The predicted octanol–water partition coefficient (Wildman–Crippen LogP) is 5.07. The van der Waals surface area contributed by atoms with E-state index >= 15 is 0 Å². The van der Waals surface area contributed by atoms with E-state index in [0.29, 0.717) is 27.6 Å². The fraction of sp³-hybridized carbons (Fsp3) is 0.143. The first-order valence-corrected chi connectivity index (χ1v) is 9.52. The second-order valence-corrected chi connectivity index (χ2v) is 7.47. The molecule has 5 nitrogen and oxygen atoms in total. The van der Waals surface area contributed by atoms with Crippen molar-refractivity contribution in [3.63, 3.8) is 0 Å². The van der Waals surface area contributed by atoms with E-state index in [1.807, 2.05) is 44.2 Å². The third-order valence-corrected chi connectivity index (χ3v) is 5.57. The quantitative estimate of drug-likeness (QED) is 0.529. The number of aryl methyl sites for hydroxylation is 3. The number of halogens is 1. The van der Waals surface area contributed by atoms with Crippen molar-refractivity contribution in [3.05, 3.63) is 70.9 Å². The highest BCUT2D eigenvalue weighted by atomic mass is 32.1. The molecule has 0 saturated heterocycles. The first kappa shape index (κ1) is 18.2. The largest absolute Gasteiger partial charge is 0.298 e. The number of hydrogen-bond acceptors (Lipinski definition) is 5. The number of nitrogens with one attached hydrogen (secondary N) is 1. The molecule has 0 atom stereocenters. The zero-order valence-electron chi connectivity index (χ0n) is 15.6. The molecule has 0 fully saturated rings. The molecule has 7 heteroatoms. The zero-order chi connectivity index (χ0) is 19.8. The van der Waals surface area contributed by atoms with Crippen molar-refractivity contribution in [1.82, 2.24) is 15.0 Å². The van der Waals surface area contributed by atoms with Gasteiger partial charge in [-0.25, -0.2) is 19.3 Å². The van der Waals surface area contributed by atoms with E-state index in [1.54, 1.807) is 6.92 Å². The number of aromatic nitrogens is 3. The maximum Gasteiger partial charge on any atom is 0.259 e. The summed E-state index contributed by atoms with van der Waals surface area (Å²) in [7, 11) is 0. The number of fused-ring (bicyclic) bond motifs is 1. The lowest BCUT2D eigenvalue weighted by Crippen LogP contribution is -2.14. The molecular formula is C21H17FN4OS. The van der Waals surface area contributed by atoms with Gasteiger partial charge in [-0.2, -0.15) is 0 Å². The Morgan fingerprint density at radius 3 is 2.43 bits per heavy atom. The van der Waals surface area contributed by atoms with Crippen LogP contribution in [-0.2, 0) is 0 Å². The minimum absolute atomic E-state index is 0.139. The van der Waals surface area contributed by atoms with Crippen LogP contribution in [0.1, 0.15) is 27.4 Å². The smallest absolute Gasteiger partial charge is 0.259 e. The van der Waals surface area contributed by atoms with Gasteiger partial charge in [-0.1, -0.05) is 41.7 Å². The van der Waals surface area contributed by atoms with Gasteiger partial charge in [-0.15, -0.1) is 0 Å². The van der Waals surface area contributed by atoms with Crippen LogP contribution in [-0.4, -0.2) is 20.9 Å². The molecule has 0 spiro atoms. The Kier molecular flexibility index (Phi) is 4.60. The van der Waals surface area contributed by atoms with Gasteiger partial charge in [0.25, 0.3) is 5.91 Å². The standard InChI is InChI=1S/C21H17FN4OS/c1-11-12(2)24-18-16(9-15(22)10-17(18)23-11)20(27)26-21-25-13(3)19(28-21)14-7-5-4-6-8-14/h4-10H,1-3H3,(H,25,26,27). The lowest BCUT2D eigenvalue weighted by Gasteiger charge is -2.08. The van der Waals surface area contributed by atoms with E-state index in [0.717, 1.165) is 16.1 Å². The molecule has 4 aromatic rings. The van der Waals surface area contributed by atoms with E-state index in [-0.39, 0.29) is 5.56 Å². The first-order chi connectivity index (χ1) is 13.4. The van der Waals surface area contributed by atoms with Crippen LogP contribution in [0.3, 0.4) is 0 Å². The fourth-order valence-electron chi connectivity index (χ4n) is 2.94. The Labute approximate surface area is 165 Å². The number of hydrogen-bond donors (Lipinski definition) is 1. The molecule has 0 saturated carbocycles. The SMILES string of the molecule is Cc1nc2cc(F)cc(C(=O)Nc3nc(C)c(-c4ccccc4)s3)c2nc1C. The Morgan fingerprint density at radius 2 is 1.68 bits per heavy atom. The molecule has 2 heterocycles. The molecule has 2 aromatic carbocycles. The molecule has 0 bridgehead atoms. The van der Waals surface area contributed by atoms with E-state index in [4.69, 9.17) is 0 Å². The minimum atomic E-state index is -0.532. The van der Waals surface area contributed by atoms with Crippen LogP contribution in [0.25, 0.3) is 21.5 Å². The molecule has 1 N–H and O–H groups in total. The van der Waals surface area contributed by atoms with E-state index in [1.165, 1.54) is 23.5 Å². The van der Waals surface area contributed by atoms with Gasteiger partial charge in [-0.05, 0) is 32.4 Å².